The van der Waals surface area contributed by atoms with Gasteiger partial charge in [-0.3, -0.25) is 19.6 Å². The highest BCUT2D eigenvalue weighted by molar-refractivity contribution is 5.69. The van der Waals surface area contributed by atoms with Crippen molar-refractivity contribution in [1.82, 2.24) is 35.1 Å². The maximum absolute atomic E-state index is 10.9. The molecule has 0 aromatic carbocycles. The third kappa shape index (κ3) is 7.91. The maximum Gasteiger partial charge on any atom is 0.317 e. The molecule has 0 aliphatic carbocycles. The molecule has 4 heterocycles. The molecule has 1 aliphatic rings. The predicted molar refractivity (Wildman–Crippen MR) is 144 cm³/mol. The van der Waals surface area contributed by atoms with E-state index < -0.39 is 5.97 Å². The Morgan fingerprint density at radius 2 is 1.84 bits per heavy atom. The van der Waals surface area contributed by atoms with E-state index >= 15 is 0 Å². The molecule has 0 amide bonds. The molecule has 11 heteroatoms. The number of nitrogens with zero attached hydrogens (tertiary/aromatic N) is 7. The van der Waals surface area contributed by atoms with E-state index in [2.05, 4.69) is 40.4 Å². The monoisotopic (exact) mass is 505 g/mol. The minimum Gasteiger partial charge on any atom is -0.480 e. The summed E-state index contributed by atoms with van der Waals surface area (Å²) in [5, 5.41) is 15.4. The van der Waals surface area contributed by atoms with Crippen LogP contribution in [0.25, 0.3) is 11.3 Å². The van der Waals surface area contributed by atoms with Gasteiger partial charge in [0.25, 0.3) is 0 Å². The minimum absolute atomic E-state index is 0.0960. The number of carboxylic acids is 1. The molecular weight excluding hydrogens is 470 g/mol. The highest BCUT2D eigenvalue weighted by Gasteiger charge is 2.19. The molecule has 4 rings (SSSR count). The van der Waals surface area contributed by atoms with Gasteiger partial charge >= 0.3 is 5.97 Å². The summed E-state index contributed by atoms with van der Waals surface area (Å²) in [6, 6.07) is 9.81. The number of pyridine rings is 2. The van der Waals surface area contributed by atoms with Crippen LogP contribution in [0.5, 0.6) is 0 Å². The van der Waals surface area contributed by atoms with E-state index in [0.717, 1.165) is 74.1 Å². The van der Waals surface area contributed by atoms with Gasteiger partial charge in [0.1, 0.15) is 5.82 Å². The molecule has 1 saturated heterocycles. The zero-order chi connectivity index (χ0) is 26.0. The van der Waals surface area contributed by atoms with Gasteiger partial charge in [0, 0.05) is 76.2 Å². The van der Waals surface area contributed by atoms with E-state index in [1.807, 2.05) is 55.5 Å². The SMILES string of the molecule is CNCCCN(C)c1ccc(-c2ccnc(Nc3ccnc(CN4CCN(CC(=O)O)CC4)c3)n2)cn1. The molecule has 0 radical (unpaired) electrons. The summed E-state index contributed by atoms with van der Waals surface area (Å²) in [6.45, 7) is 5.83. The topological polar surface area (TPSA) is 123 Å². The first-order valence-electron chi connectivity index (χ1n) is 12.5. The normalized spacial score (nSPS) is 14.4. The average Bonchev–Trinajstić information content (AvgIpc) is 2.90. The zero-order valence-electron chi connectivity index (χ0n) is 21.5. The Morgan fingerprint density at radius 1 is 1.05 bits per heavy atom. The van der Waals surface area contributed by atoms with Crippen LogP contribution in [0.3, 0.4) is 0 Å². The van der Waals surface area contributed by atoms with Gasteiger partial charge in [0.2, 0.25) is 5.95 Å². The van der Waals surface area contributed by atoms with Gasteiger partial charge in [0.15, 0.2) is 0 Å². The fourth-order valence-electron chi connectivity index (χ4n) is 4.25. The number of carbonyl (C=O) groups is 1. The smallest absolute Gasteiger partial charge is 0.317 e. The maximum atomic E-state index is 10.9. The Bertz CT molecular complexity index is 1150. The van der Waals surface area contributed by atoms with E-state index in [1.165, 1.54) is 0 Å². The first kappa shape index (κ1) is 26.4. The third-order valence-corrected chi connectivity index (χ3v) is 6.29. The van der Waals surface area contributed by atoms with Crippen molar-refractivity contribution in [2.24, 2.45) is 0 Å². The van der Waals surface area contributed by atoms with Crippen LogP contribution in [0.4, 0.5) is 17.5 Å². The average molecular weight is 506 g/mol. The number of nitrogens with one attached hydrogen (secondary N) is 2. The minimum atomic E-state index is -0.781. The second-order valence-corrected chi connectivity index (χ2v) is 9.16. The van der Waals surface area contributed by atoms with Crippen molar-refractivity contribution < 1.29 is 9.90 Å². The van der Waals surface area contributed by atoms with Crippen LogP contribution >= 0.6 is 0 Å². The first-order chi connectivity index (χ1) is 18.0. The van der Waals surface area contributed by atoms with Gasteiger partial charge in [-0.05, 0) is 50.3 Å². The number of carboxylic acid groups (broad SMARTS) is 1. The van der Waals surface area contributed by atoms with E-state index in [1.54, 1.807) is 12.4 Å². The van der Waals surface area contributed by atoms with E-state index in [0.29, 0.717) is 12.5 Å². The summed E-state index contributed by atoms with van der Waals surface area (Å²) in [7, 11) is 4.01. The van der Waals surface area contributed by atoms with Gasteiger partial charge in [-0.15, -0.1) is 0 Å². The Morgan fingerprint density at radius 3 is 2.57 bits per heavy atom. The number of piperazine rings is 1. The van der Waals surface area contributed by atoms with Crippen LogP contribution in [0.1, 0.15) is 12.1 Å². The van der Waals surface area contributed by atoms with Crippen molar-refractivity contribution >= 4 is 23.4 Å². The second kappa shape index (κ2) is 13.0. The summed E-state index contributed by atoms with van der Waals surface area (Å²) in [5.74, 6) is 0.655. The van der Waals surface area contributed by atoms with Gasteiger partial charge < -0.3 is 20.6 Å². The summed E-state index contributed by atoms with van der Waals surface area (Å²) in [6.07, 6.45) is 6.41. The number of aliphatic carboxylic acids is 1. The number of hydrogen-bond acceptors (Lipinski definition) is 10. The van der Waals surface area contributed by atoms with Crippen LogP contribution in [0, 0.1) is 0 Å². The van der Waals surface area contributed by atoms with E-state index in [9.17, 15) is 4.79 Å². The lowest BCUT2D eigenvalue weighted by Gasteiger charge is -2.33. The molecule has 0 atom stereocenters. The molecule has 0 unspecified atom stereocenters. The van der Waals surface area contributed by atoms with Crippen molar-refractivity contribution in [3.63, 3.8) is 0 Å². The van der Waals surface area contributed by atoms with Gasteiger partial charge in [-0.25, -0.2) is 15.0 Å². The molecule has 1 fully saturated rings. The molecule has 196 valence electrons. The van der Waals surface area contributed by atoms with Crippen molar-refractivity contribution in [3.05, 3.63) is 54.6 Å². The molecule has 3 aromatic rings. The summed E-state index contributed by atoms with van der Waals surface area (Å²) in [4.78, 5) is 35.5. The molecule has 1 aliphatic heterocycles. The lowest BCUT2D eigenvalue weighted by atomic mass is 10.2. The van der Waals surface area contributed by atoms with Gasteiger partial charge in [0.05, 0.1) is 17.9 Å². The van der Waals surface area contributed by atoms with Crippen LogP contribution in [-0.4, -0.2) is 101 Å². The number of rotatable bonds is 12. The molecule has 3 aromatic heterocycles. The highest BCUT2D eigenvalue weighted by atomic mass is 16.4. The highest BCUT2D eigenvalue weighted by Crippen LogP contribution is 2.21. The van der Waals surface area contributed by atoms with Crippen molar-refractivity contribution in [1.29, 1.82) is 0 Å². The van der Waals surface area contributed by atoms with E-state index in [-0.39, 0.29) is 6.54 Å². The fourth-order valence-corrected chi connectivity index (χ4v) is 4.25. The largest absolute Gasteiger partial charge is 0.480 e. The predicted octanol–water partition coefficient (Wildman–Crippen LogP) is 1.93. The Labute approximate surface area is 217 Å². The van der Waals surface area contributed by atoms with Crippen molar-refractivity contribution in [3.8, 4) is 11.3 Å². The molecule has 0 saturated carbocycles. The third-order valence-electron chi connectivity index (χ3n) is 6.29. The van der Waals surface area contributed by atoms with Crippen molar-refractivity contribution in [2.75, 3.05) is 70.1 Å². The zero-order valence-corrected chi connectivity index (χ0v) is 21.5. The van der Waals surface area contributed by atoms with Gasteiger partial charge in [-0.2, -0.15) is 0 Å². The number of hydrogen-bond donors (Lipinski definition) is 3. The quantitative estimate of drug-likeness (QED) is 0.313. The molecular formula is C26H35N9O2. The molecule has 37 heavy (non-hydrogen) atoms. The van der Waals surface area contributed by atoms with Gasteiger partial charge in [-0.1, -0.05) is 0 Å². The number of anilines is 3. The standard InChI is InChI=1S/C26H35N9O2/c1-27-8-3-11-33(2)24-5-4-20(17-30-24)23-7-10-29-26(32-23)31-21-6-9-28-22(16-21)18-34-12-14-35(15-13-34)19-25(36)37/h4-7,9-10,16-17,27H,3,8,11-15,18-19H2,1-2H3,(H,36,37)(H,28,29,31,32). The van der Waals surface area contributed by atoms with Crippen LogP contribution in [-0.2, 0) is 11.3 Å². The Balaban J connectivity index is 1.35. The molecule has 0 spiro atoms. The molecule has 3 N–H and O–H groups in total. The van der Waals surface area contributed by atoms with Crippen LogP contribution in [0.2, 0.25) is 0 Å². The summed E-state index contributed by atoms with van der Waals surface area (Å²) < 4.78 is 0. The van der Waals surface area contributed by atoms with Crippen LogP contribution in [0.15, 0.2) is 48.9 Å². The van der Waals surface area contributed by atoms with Crippen molar-refractivity contribution in [2.45, 2.75) is 13.0 Å². The molecule has 0 bridgehead atoms. The van der Waals surface area contributed by atoms with Crippen LogP contribution < -0.4 is 15.5 Å². The summed E-state index contributed by atoms with van der Waals surface area (Å²) >= 11 is 0. The number of aromatic nitrogens is 4. The second-order valence-electron chi connectivity index (χ2n) is 9.16. The lowest BCUT2D eigenvalue weighted by Crippen LogP contribution is -2.47. The Hall–Kier alpha value is -3.67. The fraction of sp³-hybridized carbons (Fsp3) is 0.423. The van der Waals surface area contributed by atoms with E-state index in [4.69, 9.17) is 5.11 Å². The summed E-state index contributed by atoms with van der Waals surface area (Å²) in [5.41, 5.74) is 3.52. The Kier molecular flexibility index (Phi) is 9.30. The molecule has 11 nitrogen and oxygen atoms in total. The first-order valence-corrected chi connectivity index (χ1v) is 12.5. The lowest BCUT2D eigenvalue weighted by molar-refractivity contribution is -0.138.